The van der Waals surface area contributed by atoms with E-state index in [4.69, 9.17) is 5.73 Å². The molecule has 0 spiro atoms. The average Bonchev–Trinajstić information content (AvgIpc) is 2.30. The highest BCUT2D eigenvalue weighted by Gasteiger charge is 2.16. The Bertz CT molecular complexity index is 329. The third-order valence-electron chi connectivity index (χ3n) is 2.77. The number of hydrogen-bond acceptors (Lipinski definition) is 2. The van der Waals surface area contributed by atoms with Crippen molar-refractivity contribution in [1.82, 2.24) is 0 Å². The number of rotatable bonds is 5. The summed E-state index contributed by atoms with van der Waals surface area (Å²) in [5, 5.41) is 0. The monoisotopic (exact) mass is 205 g/mol. The maximum absolute atomic E-state index is 12.0. The molecule has 0 aliphatic heterocycles. The van der Waals surface area contributed by atoms with Crippen LogP contribution in [0, 0.1) is 5.92 Å². The van der Waals surface area contributed by atoms with E-state index in [1.165, 1.54) is 5.56 Å². The van der Waals surface area contributed by atoms with E-state index in [0.717, 1.165) is 18.4 Å². The molecule has 0 aliphatic carbocycles. The number of Topliss-reactive ketones (excluding diaryl/α,β-unsaturated/α-hetero) is 1. The van der Waals surface area contributed by atoms with Crippen LogP contribution in [0.2, 0.25) is 0 Å². The van der Waals surface area contributed by atoms with Gasteiger partial charge < -0.3 is 5.73 Å². The lowest BCUT2D eigenvalue weighted by atomic mass is 9.94. The standard InChI is InChI=1S/C13H19NO/c1-3-10-6-5-7-12(8-10)13(15)11(4-2)9-14/h5-8,11H,3-4,9,14H2,1-2H3. The molecular weight excluding hydrogens is 186 g/mol. The minimum atomic E-state index is -0.0305. The van der Waals surface area contributed by atoms with E-state index in [9.17, 15) is 4.79 Å². The van der Waals surface area contributed by atoms with Crippen LogP contribution in [-0.2, 0) is 6.42 Å². The Hall–Kier alpha value is -1.15. The molecule has 0 saturated heterocycles. The average molecular weight is 205 g/mol. The smallest absolute Gasteiger partial charge is 0.167 e. The minimum absolute atomic E-state index is 0.0305. The predicted molar refractivity (Wildman–Crippen MR) is 63.0 cm³/mol. The molecule has 1 rings (SSSR count). The van der Waals surface area contributed by atoms with Crippen LogP contribution < -0.4 is 5.73 Å². The van der Waals surface area contributed by atoms with Gasteiger partial charge in [-0.05, 0) is 24.5 Å². The lowest BCUT2D eigenvalue weighted by molar-refractivity contribution is 0.0921. The first-order chi connectivity index (χ1) is 7.22. The Morgan fingerprint density at radius 1 is 1.40 bits per heavy atom. The van der Waals surface area contributed by atoms with Gasteiger partial charge in [-0.2, -0.15) is 0 Å². The number of ketones is 1. The second-order valence-corrected chi connectivity index (χ2v) is 3.76. The fourth-order valence-electron chi connectivity index (χ4n) is 1.64. The largest absolute Gasteiger partial charge is 0.330 e. The van der Waals surface area contributed by atoms with Gasteiger partial charge in [-0.25, -0.2) is 0 Å². The van der Waals surface area contributed by atoms with Crippen LogP contribution in [0.25, 0.3) is 0 Å². The number of aryl methyl sites for hydroxylation is 1. The lowest BCUT2D eigenvalue weighted by Crippen LogP contribution is -2.23. The number of carbonyl (C=O) groups is 1. The maximum atomic E-state index is 12.0. The highest BCUT2D eigenvalue weighted by Crippen LogP contribution is 2.13. The third-order valence-corrected chi connectivity index (χ3v) is 2.77. The van der Waals surface area contributed by atoms with Crippen molar-refractivity contribution in [3.8, 4) is 0 Å². The lowest BCUT2D eigenvalue weighted by Gasteiger charge is -2.11. The summed E-state index contributed by atoms with van der Waals surface area (Å²) in [5.41, 5.74) is 7.57. The van der Waals surface area contributed by atoms with E-state index in [-0.39, 0.29) is 11.7 Å². The van der Waals surface area contributed by atoms with Gasteiger partial charge in [0, 0.05) is 18.0 Å². The molecule has 1 atom stereocenters. The van der Waals surface area contributed by atoms with Gasteiger partial charge in [-0.1, -0.05) is 32.0 Å². The van der Waals surface area contributed by atoms with E-state index >= 15 is 0 Å². The van der Waals surface area contributed by atoms with Gasteiger partial charge in [-0.3, -0.25) is 4.79 Å². The molecule has 1 unspecified atom stereocenters. The molecule has 0 saturated carbocycles. The van der Waals surface area contributed by atoms with Crippen LogP contribution in [0.4, 0.5) is 0 Å². The van der Waals surface area contributed by atoms with E-state index in [1.54, 1.807) is 0 Å². The van der Waals surface area contributed by atoms with Crippen molar-refractivity contribution in [3.05, 3.63) is 35.4 Å². The van der Waals surface area contributed by atoms with Gasteiger partial charge in [0.15, 0.2) is 5.78 Å². The summed E-state index contributed by atoms with van der Waals surface area (Å²) in [6.45, 7) is 4.52. The Morgan fingerprint density at radius 3 is 2.67 bits per heavy atom. The molecular formula is C13H19NO. The fourth-order valence-corrected chi connectivity index (χ4v) is 1.64. The van der Waals surface area contributed by atoms with E-state index in [0.29, 0.717) is 6.54 Å². The van der Waals surface area contributed by atoms with E-state index in [1.807, 2.05) is 31.2 Å². The van der Waals surface area contributed by atoms with Crippen LogP contribution >= 0.6 is 0 Å². The first kappa shape index (κ1) is 11.9. The highest BCUT2D eigenvalue weighted by molar-refractivity contribution is 5.98. The molecule has 15 heavy (non-hydrogen) atoms. The van der Waals surface area contributed by atoms with Crippen molar-refractivity contribution in [2.24, 2.45) is 11.7 Å². The Kier molecular flexibility index (Phi) is 4.50. The van der Waals surface area contributed by atoms with Crippen LogP contribution in [0.1, 0.15) is 36.2 Å². The van der Waals surface area contributed by atoms with Crippen LogP contribution in [0.15, 0.2) is 24.3 Å². The summed E-state index contributed by atoms with van der Waals surface area (Å²) in [7, 11) is 0. The molecule has 2 heteroatoms. The quantitative estimate of drug-likeness (QED) is 0.750. The topological polar surface area (TPSA) is 43.1 Å². The first-order valence-corrected chi connectivity index (χ1v) is 5.56. The van der Waals surface area contributed by atoms with Crippen LogP contribution in [-0.4, -0.2) is 12.3 Å². The van der Waals surface area contributed by atoms with Gasteiger partial charge in [0.2, 0.25) is 0 Å². The zero-order chi connectivity index (χ0) is 11.3. The van der Waals surface area contributed by atoms with Gasteiger partial charge in [0.1, 0.15) is 0 Å². The minimum Gasteiger partial charge on any atom is -0.330 e. The van der Waals surface area contributed by atoms with Crippen molar-refractivity contribution in [2.45, 2.75) is 26.7 Å². The number of nitrogens with two attached hydrogens (primary N) is 1. The summed E-state index contributed by atoms with van der Waals surface area (Å²) in [6.07, 6.45) is 1.77. The predicted octanol–water partition coefficient (Wildman–Crippen LogP) is 2.42. The van der Waals surface area contributed by atoms with Crippen LogP contribution in [0.3, 0.4) is 0 Å². The maximum Gasteiger partial charge on any atom is 0.167 e. The number of hydrogen-bond donors (Lipinski definition) is 1. The molecule has 0 heterocycles. The van der Waals surface area contributed by atoms with Gasteiger partial charge in [0.25, 0.3) is 0 Å². The molecule has 1 aromatic carbocycles. The molecule has 0 aliphatic rings. The van der Waals surface area contributed by atoms with Crippen molar-refractivity contribution >= 4 is 5.78 Å². The fraction of sp³-hybridized carbons (Fsp3) is 0.462. The molecule has 0 radical (unpaired) electrons. The van der Waals surface area contributed by atoms with Gasteiger partial charge >= 0.3 is 0 Å². The molecule has 82 valence electrons. The Morgan fingerprint density at radius 2 is 2.13 bits per heavy atom. The molecule has 0 aromatic heterocycles. The number of benzene rings is 1. The zero-order valence-electron chi connectivity index (χ0n) is 9.49. The Balaban J connectivity index is 2.90. The second-order valence-electron chi connectivity index (χ2n) is 3.76. The van der Waals surface area contributed by atoms with Gasteiger partial charge in [-0.15, -0.1) is 0 Å². The molecule has 0 amide bonds. The molecule has 2 nitrogen and oxygen atoms in total. The zero-order valence-corrected chi connectivity index (χ0v) is 9.49. The summed E-state index contributed by atoms with van der Waals surface area (Å²) in [4.78, 5) is 12.0. The summed E-state index contributed by atoms with van der Waals surface area (Å²) in [5.74, 6) is 0.146. The van der Waals surface area contributed by atoms with Crippen molar-refractivity contribution in [1.29, 1.82) is 0 Å². The van der Waals surface area contributed by atoms with Crippen molar-refractivity contribution in [3.63, 3.8) is 0 Å². The third kappa shape index (κ3) is 2.90. The highest BCUT2D eigenvalue weighted by atomic mass is 16.1. The molecule has 2 N–H and O–H groups in total. The second kappa shape index (κ2) is 5.66. The van der Waals surface area contributed by atoms with Crippen LogP contribution in [0.5, 0.6) is 0 Å². The van der Waals surface area contributed by atoms with Crippen molar-refractivity contribution < 1.29 is 4.79 Å². The summed E-state index contributed by atoms with van der Waals surface area (Å²) < 4.78 is 0. The summed E-state index contributed by atoms with van der Waals surface area (Å²) in [6, 6.07) is 7.83. The normalized spacial score (nSPS) is 12.5. The summed E-state index contributed by atoms with van der Waals surface area (Å²) >= 11 is 0. The molecule has 1 aromatic rings. The number of carbonyl (C=O) groups excluding carboxylic acids is 1. The van der Waals surface area contributed by atoms with Gasteiger partial charge in [0.05, 0.1) is 0 Å². The first-order valence-electron chi connectivity index (χ1n) is 5.56. The molecule has 0 bridgehead atoms. The van der Waals surface area contributed by atoms with Crippen molar-refractivity contribution in [2.75, 3.05) is 6.54 Å². The Labute approximate surface area is 91.5 Å². The molecule has 0 fully saturated rings. The SMILES string of the molecule is CCc1cccc(C(=O)C(CC)CN)c1. The van der Waals surface area contributed by atoms with E-state index in [2.05, 4.69) is 6.92 Å². The van der Waals surface area contributed by atoms with E-state index < -0.39 is 0 Å².